The van der Waals surface area contributed by atoms with Crippen molar-refractivity contribution in [1.82, 2.24) is 5.43 Å². The molecule has 0 unspecified atom stereocenters. The molecule has 0 radical (unpaired) electrons. The van der Waals surface area contributed by atoms with E-state index in [0.29, 0.717) is 22.7 Å². The molecular weight excluding hydrogens is 372 g/mol. The van der Waals surface area contributed by atoms with Crippen molar-refractivity contribution in [2.24, 2.45) is 10.8 Å². The number of carbonyl (C=O) groups excluding carboxylic acids is 2. The molecule has 10 heteroatoms. The fraction of sp³-hybridized carbons (Fsp3) is 0.118. The van der Waals surface area contributed by atoms with Crippen LogP contribution in [0.25, 0.3) is 0 Å². The van der Waals surface area contributed by atoms with Crippen LogP contribution in [-0.4, -0.2) is 33.1 Å². The van der Waals surface area contributed by atoms with Gasteiger partial charge < -0.3 is 10.5 Å². The summed E-state index contributed by atoms with van der Waals surface area (Å²) in [6.45, 7) is 1.58. The van der Waals surface area contributed by atoms with Crippen molar-refractivity contribution in [3.05, 3.63) is 54.1 Å². The largest absolute Gasteiger partial charge is 0.497 e. The maximum Gasteiger partial charge on any atom is 0.329 e. The molecule has 0 aliphatic carbocycles. The van der Waals surface area contributed by atoms with E-state index in [4.69, 9.17) is 10.5 Å². The molecule has 2 aromatic rings. The zero-order valence-electron chi connectivity index (χ0n) is 14.6. The molecule has 0 aromatic heterocycles. The molecule has 0 fully saturated rings. The summed E-state index contributed by atoms with van der Waals surface area (Å²) in [5, 5.41) is 3.73. The monoisotopic (exact) mass is 390 g/mol. The molecule has 27 heavy (non-hydrogen) atoms. The van der Waals surface area contributed by atoms with E-state index >= 15 is 0 Å². The second-order valence-electron chi connectivity index (χ2n) is 5.36. The lowest BCUT2D eigenvalue weighted by Gasteiger charge is -2.09. The van der Waals surface area contributed by atoms with Crippen LogP contribution in [0.3, 0.4) is 0 Å². The number of anilines is 1. The Morgan fingerprint density at radius 1 is 1.04 bits per heavy atom. The summed E-state index contributed by atoms with van der Waals surface area (Å²) in [6, 6.07) is 12.3. The summed E-state index contributed by atoms with van der Waals surface area (Å²) in [6.07, 6.45) is 0. The van der Waals surface area contributed by atoms with E-state index < -0.39 is 21.8 Å². The lowest BCUT2D eigenvalue weighted by Crippen LogP contribution is -2.33. The number of sulfonamides is 1. The minimum Gasteiger partial charge on any atom is -0.497 e. The van der Waals surface area contributed by atoms with Gasteiger partial charge in [-0.1, -0.05) is 12.1 Å². The molecule has 0 saturated carbocycles. The molecule has 0 aliphatic rings. The number of nitrogens with one attached hydrogen (secondary N) is 2. The van der Waals surface area contributed by atoms with E-state index in [2.05, 4.69) is 9.82 Å². The summed E-state index contributed by atoms with van der Waals surface area (Å²) in [7, 11) is -2.25. The van der Waals surface area contributed by atoms with Gasteiger partial charge in [-0.25, -0.2) is 13.8 Å². The smallest absolute Gasteiger partial charge is 0.329 e. The fourth-order valence-electron chi connectivity index (χ4n) is 2.00. The van der Waals surface area contributed by atoms with Crippen molar-refractivity contribution < 1.29 is 22.7 Å². The first kappa shape index (κ1) is 19.9. The van der Waals surface area contributed by atoms with Crippen molar-refractivity contribution in [2.75, 3.05) is 11.8 Å². The maximum absolute atomic E-state index is 12.4. The molecule has 2 amide bonds. The van der Waals surface area contributed by atoms with Gasteiger partial charge in [0.05, 0.1) is 17.7 Å². The van der Waals surface area contributed by atoms with E-state index in [1.165, 1.54) is 31.4 Å². The average molecular weight is 390 g/mol. The highest BCUT2D eigenvalue weighted by Gasteiger charge is 2.14. The summed E-state index contributed by atoms with van der Waals surface area (Å²) in [5.74, 6) is -1.59. The van der Waals surface area contributed by atoms with Crippen LogP contribution in [0.5, 0.6) is 5.75 Å². The van der Waals surface area contributed by atoms with Gasteiger partial charge in [0.2, 0.25) is 0 Å². The fourth-order valence-corrected chi connectivity index (χ4v) is 3.06. The summed E-state index contributed by atoms with van der Waals surface area (Å²) in [4.78, 5) is 21.8. The molecule has 0 spiro atoms. The Balaban J connectivity index is 2.13. The van der Waals surface area contributed by atoms with Gasteiger partial charge in [0.15, 0.2) is 0 Å². The van der Waals surface area contributed by atoms with Crippen molar-refractivity contribution in [3.8, 4) is 5.75 Å². The average Bonchev–Trinajstić information content (AvgIpc) is 2.66. The lowest BCUT2D eigenvalue weighted by atomic mass is 10.1. The Morgan fingerprint density at radius 3 is 2.15 bits per heavy atom. The zero-order valence-corrected chi connectivity index (χ0v) is 15.4. The number of amides is 2. The molecule has 0 heterocycles. The summed E-state index contributed by atoms with van der Waals surface area (Å²) >= 11 is 0. The van der Waals surface area contributed by atoms with Crippen LogP contribution in [0.4, 0.5) is 5.69 Å². The molecule has 9 nitrogen and oxygen atoms in total. The second-order valence-corrected chi connectivity index (χ2v) is 7.04. The highest BCUT2D eigenvalue weighted by atomic mass is 32.2. The molecule has 0 atom stereocenters. The molecule has 2 rings (SSSR count). The number of nitrogens with two attached hydrogens (primary N) is 1. The van der Waals surface area contributed by atoms with Crippen molar-refractivity contribution in [3.63, 3.8) is 0 Å². The zero-order chi connectivity index (χ0) is 20.0. The van der Waals surface area contributed by atoms with Gasteiger partial charge in [-0.3, -0.25) is 14.3 Å². The second kappa shape index (κ2) is 8.32. The number of hydrazone groups is 1. The van der Waals surface area contributed by atoms with Crippen LogP contribution in [0.15, 0.2) is 58.5 Å². The van der Waals surface area contributed by atoms with Crippen molar-refractivity contribution in [2.45, 2.75) is 11.8 Å². The van der Waals surface area contributed by atoms with Crippen LogP contribution >= 0.6 is 0 Å². The standard InChI is InChI=1S/C17H18N4O5S/c1-11(19-20-17(23)16(18)22)12-3-9-15(10-4-12)27(24,25)21-13-5-7-14(26-2)8-6-13/h3-10,21H,1-2H3,(H2,18,22)(H,20,23)/b19-11-. The van der Waals surface area contributed by atoms with Crippen molar-refractivity contribution in [1.29, 1.82) is 0 Å². The summed E-state index contributed by atoms with van der Waals surface area (Å²) < 4.78 is 32.4. The number of nitrogens with zero attached hydrogens (tertiary/aromatic N) is 1. The normalized spacial score (nSPS) is 11.6. The van der Waals surface area contributed by atoms with Crippen LogP contribution in [0.2, 0.25) is 0 Å². The minimum atomic E-state index is -3.77. The Morgan fingerprint density at radius 2 is 1.63 bits per heavy atom. The predicted molar refractivity (Wildman–Crippen MR) is 99.8 cm³/mol. The third-order valence-electron chi connectivity index (χ3n) is 3.47. The molecule has 142 valence electrons. The van der Waals surface area contributed by atoms with Gasteiger partial charge >= 0.3 is 11.8 Å². The number of carbonyl (C=O) groups is 2. The quantitative estimate of drug-likeness (QED) is 0.381. The number of hydrogen-bond donors (Lipinski definition) is 3. The first-order chi connectivity index (χ1) is 12.7. The number of ether oxygens (including phenoxy) is 1. The molecule has 4 N–H and O–H groups in total. The Hall–Kier alpha value is -3.40. The molecular formula is C17H18N4O5S. The molecule has 2 aromatic carbocycles. The van der Waals surface area contributed by atoms with Crippen LogP contribution < -0.4 is 20.6 Å². The Bertz CT molecular complexity index is 967. The van der Waals surface area contributed by atoms with Gasteiger partial charge in [-0.05, 0) is 48.9 Å². The third-order valence-corrected chi connectivity index (χ3v) is 4.87. The molecule has 0 saturated heterocycles. The number of methoxy groups -OCH3 is 1. The van der Waals surface area contributed by atoms with Crippen LogP contribution in [-0.2, 0) is 19.6 Å². The lowest BCUT2D eigenvalue weighted by molar-refractivity contribution is -0.137. The van der Waals surface area contributed by atoms with Crippen LogP contribution in [0, 0.1) is 0 Å². The number of rotatable bonds is 6. The van der Waals surface area contributed by atoms with Crippen molar-refractivity contribution >= 4 is 33.2 Å². The topological polar surface area (TPSA) is 140 Å². The van der Waals surface area contributed by atoms with Gasteiger partial charge in [0, 0.05) is 5.69 Å². The minimum absolute atomic E-state index is 0.0519. The van der Waals surface area contributed by atoms with E-state index in [1.807, 2.05) is 5.43 Å². The first-order valence-electron chi connectivity index (χ1n) is 7.64. The molecule has 0 aliphatic heterocycles. The van der Waals surface area contributed by atoms with E-state index in [9.17, 15) is 18.0 Å². The third kappa shape index (κ3) is 5.28. The van der Waals surface area contributed by atoms with E-state index in [0.717, 1.165) is 0 Å². The van der Waals surface area contributed by atoms with E-state index in [-0.39, 0.29) is 4.90 Å². The van der Waals surface area contributed by atoms with Gasteiger partial charge in [-0.15, -0.1) is 0 Å². The predicted octanol–water partition coefficient (Wildman–Crippen LogP) is 0.822. The number of primary amides is 1. The van der Waals surface area contributed by atoms with Gasteiger partial charge in [0.25, 0.3) is 10.0 Å². The van der Waals surface area contributed by atoms with Gasteiger partial charge in [0.1, 0.15) is 5.75 Å². The highest BCUT2D eigenvalue weighted by molar-refractivity contribution is 7.92. The van der Waals surface area contributed by atoms with Gasteiger partial charge in [-0.2, -0.15) is 5.10 Å². The summed E-state index contributed by atoms with van der Waals surface area (Å²) in [5.41, 5.74) is 8.13. The number of hydrogen-bond acceptors (Lipinski definition) is 6. The highest BCUT2D eigenvalue weighted by Crippen LogP contribution is 2.19. The SMILES string of the molecule is COc1ccc(NS(=O)(=O)c2ccc(/C(C)=N\NC(=O)C(N)=O)cc2)cc1. The number of benzene rings is 2. The van der Waals surface area contributed by atoms with E-state index in [1.54, 1.807) is 31.2 Å². The Kier molecular flexibility index (Phi) is 6.14. The molecule has 0 bridgehead atoms. The maximum atomic E-state index is 12.4. The Labute approximate surface area is 156 Å². The van der Waals surface area contributed by atoms with Crippen LogP contribution in [0.1, 0.15) is 12.5 Å². The first-order valence-corrected chi connectivity index (χ1v) is 9.12.